The van der Waals surface area contributed by atoms with Gasteiger partial charge in [-0.15, -0.1) is 0 Å². The molecule has 0 spiro atoms. The summed E-state index contributed by atoms with van der Waals surface area (Å²) in [7, 11) is 4.47. The van der Waals surface area contributed by atoms with E-state index >= 15 is 0 Å². The van der Waals surface area contributed by atoms with Crippen LogP contribution in [0.25, 0.3) is 0 Å². The van der Waals surface area contributed by atoms with Crippen molar-refractivity contribution in [1.29, 1.82) is 0 Å². The van der Waals surface area contributed by atoms with Gasteiger partial charge in [-0.1, -0.05) is 18.9 Å². The summed E-state index contributed by atoms with van der Waals surface area (Å²) >= 11 is 0. The number of aliphatic imine (C=N–C) groups is 1. The molecule has 0 aromatic carbocycles. The molecule has 3 rings (SSSR count). The van der Waals surface area contributed by atoms with E-state index < -0.39 is 0 Å². The minimum Gasteiger partial charge on any atom is -0.346 e. The molecule has 3 nitrogen and oxygen atoms in total. The molecule has 0 aromatic rings. The van der Waals surface area contributed by atoms with Crippen LogP contribution in [-0.4, -0.2) is 48.5 Å². The molecule has 112 valence electrons. The van der Waals surface area contributed by atoms with E-state index in [1.165, 1.54) is 57.3 Å². The number of hydrogen-bond acceptors (Lipinski definition) is 3. The fourth-order valence-electron chi connectivity index (χ4n) is 4.20. The van der Waals surface area contributed by atoms with Crippen molar-refractivity contribution in [3.05, 3.63) is 11.1 Å². The Kier molecular flexibility index (Phi) is 4.04. The lowest BCUT2D eigenvalue weighted by Gasteiger charge is -2.47. The first kappa shape index (κ1) is 14.0. The zero-order chi connectivity index (χ0) is 14.1. The second kappa shape index (κ2) is 5.79. The van der Waals surface area contributed by atoms with Crippen LogP contribution in [-0.2, 0) is 0 Å². The van der Waals surface area contributed by atoms with Crippen LogP contribution in [0.1, 0.15) is 58.3 Å². The maximum Gasteiger partial charge on any atom is 0.197 e. The molecule has 0 fully saturated rings. The van der Waals surface area contributed by atoms with E-state index in [4.69, 9.17) is 4.99 Å². The van der Waals surface area contributed by atoms with Crippen LogP contribution in [0.3, 0.4) is 0 Å². The lowest BCUT2D eigenvalue weighted by Crippen LogP contribution is -2.53. The summed E-state index contributed by atoms with van der Waals surface area (Å²) in [6.07, 6.45) is 10.5. The summed E-state index contributed by atoms with van der Waals surface area (Å²) < 4.78 is 0. The Morgan fingerprint density at radius 3 is 2.75 bits per heavy atom. The van der Waals surface area contributed by atoms with Gasteiger partial charge in [0.1, 0.15) is 0 Å². The normalized spacial score (nSPS) is 29.1. The second-order valence-electron chi connectivity index (χ2n) is 6.69. The summed E-state index contributed by atoms with van der Waals surface area (Å²) in [5, 5.41) is 0. The molecular formula is C17H29N3. The molecular weight excluding hydrogens is 246 g/mol. The van der Waals surface area contributed by atoms with Crippen molar-refractivity contribution in [2.45, 2.75) is 70.4 Å². The Bertz CT molecular complexity index is 420. The number of nitrogens with zero attached hydrogens (tertiary/aromatic N) is 3. The topological polar surface area (TPSA) is 18.8 Å². The average Bonchev–Trinajstić information content (AvgIpc) is 2.48. The van der Waals surface area contributed by atoms with Gasteiger partial charge in [-0.2, -0.15) is 0 Å². The van der Waals surface area contributed by atoms with Gasteiger partial charge in [0.25, 0.3) is 0 Å². The third-order valence-corrected chi connectivity index (χ3v) is 5.28. The summed E-state index contributed by atoms with van der Waals surface area (Å²) in [5.41, 5.74) is 3.46. The minimum atomic E-state index is 0.499. The van der Waals surface area contributed by atoms with Gasteiger partial charge >= 0.3 is 0 Å². The first-order valence-corrected chi connectivity index (χ1v) is 8.46. The molecule has 0 N–H and O–H groups in total. The molecule has 3 heteroatoms. The predicted octanol–water partition coefficient (Wildman–Crippen LogP) is 3.42. The van der Waals surface area contributed by atoms with Crippen LogP contribution < -0.4 is 0 Å². The van der Waals surface area contributed by atoms with Gasteiger partial charge < -0.3 is 9.80 Å². The third kappa shape index (κ3) is 2.36. The van der Waals surface area contributed by atoms with Crippen LogP contribution in [0.5, 0.6) is 0 Å². The summed E-state index contributed by atoms with van der Waals surface area (Å²) in [6, 6.07) is 1.14. The molecule has 0 aromatic heterocycles. The average molecular weight is 275 g/mol. The van der Waals surface area contributed by atoms with Gasteiger partial charge in [-0.05, 0) is 50.5 Å². The molecule has 2 atom stereocenters. The molecule has 0 saturated carbocycles. The largest absolute Gasteiger partial charge is 0.346 e. The van der Waals surface area contributed by atoms with Gasteiger partial charge in [0, 0.05) is 20.6 Å². The molecule has 2 aliphatic carbocycles. The highest BCUT2D eigenvalue weighted by Gasteiger charge is 2.38. The van der Waals surface area contributed by atoms with Crippen molar-refractivity contribution in [3.8, 4) is 0 Å². The van der Waals surface area contributed by atoms with Crippen LogP contribution in [0, 0.1) is 0 Å². The number of unbranched alkanes of at least 4 members (excludes halogenated alkanes) is 1. The highest BCUT2D eigenvalue weighted by Crippen LogP contribution is 2.41. The first-order chi connectivity index (χ1) is 9.72. The number of rotatable bonds is 3. The van der Waals surface area contributed by atoms with Crippen LogP contribution in [0.15, 0.2) is 16.1 Å². The summed E-state index contributed by atoms with van der Waals surface area (Å²) in [6.45, 7) is 3.39. The lowest BCUT2D eigenvalue weighted by molar-refractivity contribution is 0.271. The molecule has 1 heterocycles. The Balaban J connectivity index is 1.88. The minimum absolute atomic E-state index is 0.499. The predicted molar refractivity (Wildman–Crippen MR) is 85.0 cm³/mol. The van der Waals surface area contributed by atoms with Gasteiger partial charge in [-0.3, -0.25) is 0 Å². The summed E-state index contributed by atoms with van der Waals surface area (Å²) in [5.74, 6) is 1.24. The standard InChI is InChI=1S/C17H29N3/c1-4-5-12-19(2)17-18-14-10-6-8-13-9-7-11-15(16(13)14)20(17)3/h14-15H,4-12H2,1-3H3. The molecule has 0 bridgehead atoms. The fraction of sp³-hybridized carbons (Fsp3) is 0.824. The smallest absolute Gasteiger partial charge is 0.197 e. The lowest BCUT2D eigenvalue weighted by atomic mass is 9.75. The van der Waals surface area contributed by atoms with Crippen LogP contribution >= 0.6 is 0 Å². The Morgan fingerprint density at radius 2 is 2.00 bits per heavy atom. The Hall–Kier alpha value is -0.990. The molecule has 20 heavy (non-hydrogen) atoms. The SMILES string of the molecule is CCCCN(C)C1=NC2CCCC3=C2C(CCC3)N1C. The molecule has 2 unspecified atom stereocenters. The van der Waals surface area contributed by atoms with Crippen molar-refractivity contribution >= 4 is 5.96 Å². The first-order valence-electron chi connectivity index (χ1n) is 8.46. The molecule has 0 radical (unpaired) electrons. The summed E-state index contributed by atoms with van der Waals surface area (Å²) in [4.78, 5) is 9.97. The van der Waals surface area contributed by atoms with E-state index in [0.717, 1.165) is 6.54 Å². The molecule has 0 saturated heterocycles. The van der Waals surface area contributed by atoms with Crippen LogP contribution in [0.4, 0.5) is 0 Å². The fourth-order valence-corrected chi connectivity index (χ4v) is 4.20. The zero-order valence-corrected chi connectivity index (χ0v) is 13.4. The molecule has 0 amide bonds. The molecule has 1 aliphatic heterocycles. The van der Waals surface area contributed by atoms with E-state index in [-0.39, 0.29) is 0 Å². The zero-order valence-electron chi connectivity index (χ0n) is 13.4. The quantitative estimate of drug-likeness (QED) is 0.735. The number of hydrogen-bond donors (Lipinski definition) is 0. The van der Waals surface area contributed by atoms with Crippen molar-refractivity contribution in [3.63, 3.8) is 0 Å². The van der Waals surface area contributed by atoms with Crippen LogP contribution in [0.2, 0.25) is 0 Å². The van der Waals surface area contributed by atoms with E-state index in [2.05, 4.69) is 30.8 Å². The highest BCUT2D eigenvalue weighted by atomic mass is 15.4. The van der Waals surface area contributed by atoms with Gasteiger partial charge in [0.2, 0.25) is 0 Å². The monoisotopic (exact) mass is 275 g/mol. The Morgan fingerprint density at radius 1 is 1.25 bits per heavy atom. The van der Waals surface area contributed by atoms with E-state index in [1.807, 2.05) is 0 Å². The number of likely N-dealkylation sites (N-methyl/N-ethyl adjacent to an activating group) is 1. The van der Waals surface area contributed by atoms with E-state index in [1.54, 1.807) is 11.1 Å². The maximum absolute atomic E-state index is 5.13. The van der Waals surface area contributed by atoms with Crippen molar-refractivity contribution in [2.75, 3.05) is 20.6 Å². The second-order valence-corrected chi connectivity index (χ2v) is 6.69. The van der Waals surface area contributed by atoms with Gasteiger partial charge in [0.15, 0.2) is 5.96 Å². The third-order valence-electron chi connectivity index (χ3n) is 5.28. The van der Waals surface area contributed by atoms with Gasteiger partial charge in [-0.25, -0.2) is 4.99 Å². The number of allylic oxidation sites excluding steroid dienone is 1. The van der Waals surface area contributed by atoms with E-state index in [9.17, 15) is 0 Å². The number of guanidine groups is 1. The van der Waals surface area contributed by atoms with Crippen molar-refractivity contribution < 1.29 is 0 Å². The van der Waals surface area contributed by atoms with Crippen molar-refractivity contribution in [1.82, 2.24) is 9.80 Å². The van der Waals surface area contributed by atoms with Gasteiger partial charge in [0.05, 0.1) is 12.1 Å². The Labute approximate surface area is 123 Å². The maximum atomic E-state index is 5.13. The van der Waals surface area contributed by atoms with E-state index in [0.29, 0.717) is 12.1 Å². The molecule has 3 aliphatic rings. The highest BCUT2D eigenvalue weighted by molar-refractivity contribution is 5.82. The van der Waals surface area contributed by atoms with Crippen molar-refractivity contribution in [2.24, 2.45) is 4.99 Å².